The van der Waals surface area contributed by atoms with E-state index in [0.29, 0.717) is 22.3 Å². The number of aromatic nitrogens is 2. The molecule has 3 nitrogen and oxygen atoms in total. The number of nitrogens with zero attached hydrogens (tertiary/aromatic N) is 2. The van der Waals surface area contributed by atoms with Gasteiger partial charge in [0.25, 0.3) is 0 Å². The van der Waals surface area contributed by atoms with E-state index in [1.807, 2.05) is 41.1 Å². The molecule has 0 unspecified atom stereocenters. The van der Waals surface area contributed by atoms with E-state index in [1.54, 1.807) is 6.20 Å². The molecule has 0 atom stereocenters. The van der Waals surface area contributed by atoms with Crippen LogP contribution in [0.4, 0.5) is 5.69 Å². The number of nitrogen functional groups attached to an aromatic ring is 1. The molecular weight excluding hydrogens is 281 g/mol. The van der Waals surface area contributed by atoms with Gasteiger partial charge in [-0.05, 0) is 30.3 Å². The number of anilines is 1. The molecule has 0 radical (unpaired) electrons. The minimum absolute atomic E-state index is 0.519. The summed E-state index contributed by atoms with van der Waals surface area (Å²) in [4.78, 5) is 0. The summed E-state index contributed by atoms with van der Waals surface area (Å²) in [7, 11) is 0. The van der Waals surface area contributed by atoms with E-state index >= 15 is 0 Å². The van der Waals surface area contributed by atoms with E-state index in [0.717, 1.165) is 16.5 Å². The third-order valence-electron chi connectivity index (χ3n) is 3.04. The zero-order valence-electron chi connectivity index (χ0n) is 9.98. The van der Waals surface area contributed by atoms with Crippen LogP contribution in [0.1, 0.15) is 5.56 Å². The van der Waals surface area contributed by atoms with Crippen LogP contribution in [0, 0.1) is 0 Å². The van der Waals surface area contributed by atoms with Crippen molar-refractivity contribution < 1.29 is 0 Å². The van der Waals surface area contributed by atoms with Crippen LogP contribution in [-0.2, 0) is 6.54 Å². The van der Waals surface area contributed by atoms with Crippen LogP contribution in [0.3, 0.4) is 0 Å². The van der Waals surface area contributed by atoms with Crippen molar-refractivity contribution >= 4 is 39.8 Å². The second-order valence-electron chi connectivity index (χ2n) is 4.32. The SMILES string of the molecule is Nc1ccc2cnn(Cc3c(Cl)cccc3Cl)c2c1. The molecule has 0 aliphatic heterocycles. The first-order valence-electron chi connectivity index (χ1n) is 5.79. The summed E-state index contributed by atoms with van der Waals surface area (Å²) in [5.41, 5.74) is 8.35. The fourth-order valence-electron chi connectivity index (χ4n) is 2.05. The summed E-state index contributed by atoms with van der Waals surface area (Å²) in [6, 6.07) is 11.2. The normalized spacial score (nSPS) is 11.1. The summed E-state index contributed by atoms with van der Waals surface area (Å²) in [5.74, 6) is 0. The smallest absolute Gasteiger partial charge is 0.0706 e. The average Bonchev–Trinajstić information content (AvgIpc) is 2.76. The highest BCUT2D eigenvalue weighted by Gasteiger charge is 2.09. The zero-order valence-corrected chi connectivity index (χ0v) is 11.5. The summed E-state index contributed by atoms with van der Waals surface area (Å²) < 4.78 is 1.85. The molecule has 2 aromatic carbocycles. The molecule has 3 rings (SSSR count). The standard InChI is InChI=1S/C14H11Cl2N3/c15-12-2-1-3-13(16)11(12)8-19-14-6-10(17)5-4-9(14)7-18-19/h1-7H,8,17H2. The van der Waals surface area contributed by atoms with Crippen LogP contribution < -0.4 is 5.73 Å². The minimum Gasteiger partial charge on any atom is -0.399 e. The topological polar surface area (TPSA) is 43.8 Å². The number of hydrogen-bond donors (Lipinski definition) is 1. The van der Waals surface area contributed by atoms with Gasteiger partial charge < -0.3 is 5.73 Å². The second-order valence-corrected chi connectivity index (χ2v) is 5.14. The second kappa shape index (κ2) is 4.76. The van der Waals surface area contributed by atoms with Gasteiger partial charge in [-0.15, -0.1) is 0 Å². The quantitative estimate of drug-likeness (QED) is 0.726. The average molecular weight is 292 g/mol. The zero-order chi connectivity index (χ0) is 13.4. The van der Waals surface area contributed by atoms with Crippen molar-refractivity contribution in [1.82, 2.24) is 9.78 Å². The molecule has 3 aromatic rings. The summed E-state index contributed by atoms with van der Waals surface area (Å²) in [5, 5.41) is 6.67. The molecule has 0 saturated carbocycles. The highest BCUT2D eigenvalue weighted by atomic mass is 35.5. The Hall–Kier alpha value is -1.71. The molecule has 5 heteroatoms. The van der Waals surface area contributed by atoms with Crippen molar-refractivity contribution in [1.29, 1.82) is 0 Å². The predicted molar refractivity (Wildman–Crippen MR) is 79.7 cm³/mol. The Bertz CT molecular complexity index is 729. The number of benzene rings is 2. The van der Waals surface area contributed by atoms with Gasteiger partial charge in [-0.25, -0.2) is 0 Å². The molecule has 1 heterocycles. The number of nitrogens with two attached hydrogens (primary N) is 1. The van der Waals surface area contributed by atoms with Crippen molar-refractivity contribution in [2.24, 2.45) is 0 Å². The number of halogens is 2. The van der Waals surface area contributed by atoms with Gasteiger partial charge in [0, 0.05) is 26.7 Å². The Morgan fingerprint density at radius 3 is 2.58 bits per heavy atom. The third kappa shape index (κ3) is 2.27. The van der Waals surface area contributed by atoms with Gasteiger partial charge in [0.15, 0.2) is 0 Å². The van der Waals surface area contributed by atoms with Gasteiger partial charge in [-0.2, -0.15) is 5.10 Å². The predicted octanol–water partition coefficient (Wildman–Crippen LogP) is 3.97. The molecular formula is C14H11Cl2N3. The van der Waals surface area contributed by atoms with Gasteiger partial charge in [0.1, 0.15) is 0 Å². The van der Waals surface area contributed by atoms with Crippen molar-refractivity contribution in [3.05, 3.63) is 58.2 Å². The van der Waals surface area contributed by atoms with Crippen LogP contribution in [-0.4, -0.2) is 9.78 Å². The van der Waals surface area contributed by atoms with E-state index in [2.05, 4.69) is 5.10 Å². The Balaban J connectivity index is 2.08. The molecule has 2 N–H and O–H groups in total. The monoisotopic (exact) mass is 291 g/mol. The first-order chi connectivity index (χ1) is 9.15. The van der Waals surface area contributed by atoms with Crippen LogP contribution in [0.2, 0.25) is 10.0 Å². The van der Waals surface area contributed by atoms with Gasteiger partial charge in [0.05, 0.1) is 18.3 Å². The molecule has 0 amide bonds. The molecule has 0 fully saturated rings. The lowest BCUT2D eigenvalue weighted by atomic mass is 10.2. The molecule has 0 spiro atoms. The van der Waals surface area contributed by atoms with Crippen molar-refractivity contribution in [3.63, 3.8) is 0 Å². The maximum absolute atomic E-state index is 6.18. The fourth-order valence-corrected chi connectivity index (χ4v) is 2.56. The number of fused-ring (bicyclic) bond motifs is 1. The van der Waals surface area contributed by atoms with Crippen molar-refractivity contribution in [2.45, 2.75) is 6.54 Å². The first kappa shape index (κ1) is 12.3. The molecule has 0 aliphatic carbocycles. The lowest BCUT2D eigenvalue weighted by Gasteiger charge is -2.08. The summed E-state index contributed by atoms with van der Waals surface area (Å²) in [6.45, 7) is 0.519. The third-order valence-corrected chi connectivity index (χ3v) is 3.75. The van der Waals surface area contributed by atoms with Gasteiger partial charge >= 0.3 is 0 Å². The van der Waals surface area contributed by atoms with Gasteiger partial charge in [0.2, 0.25) is 0 Å². The molecule has 0 bridgehead atoms. The molecule has 96 valence electrons. The molecule has 1 aromatic heterocycles. The van der Waals surface area contributed by atoms with Crippen LogP contribution in [0.5, 0.6) is 0 Å². The van der Waals surface area contributed by atoms with Crippen LogP contribution in [0.25, 0.3) is 10.9 Å². The van der Waals surface area contributed by atoms with Crippen molar-refractivity contribution in [2.75, 3.05) is 5.73 Å². The van der Waals surface area contributed by atoms with Gasteiger partial charge in [-0.3, -0.25) is 4.68 Å². The Labute approximate surface area is 120 Å². The fraction of sp³-hybridized carbons (Fsp3) is 0.0714. The molecule has 0 saturated heterocycles. The molecule has 0 aliphatic rings. The lowest BCUT2D eigenvalue weighted by molar-refractivity contribution is 0.712. The summed E-state index contributed by atoms with van der Waals surface area (Å²) in [6.07, 6.45) is 1.81. The maximum atomic E-state index is 6.18. The Morgan fingerprint density at radius 2 is 1.84 bits per heavy atom. The van der Waals surface area contributed by atoms with Crippen molar-refractivity contribution in [3.8, 4) is 0 Å². The minimum atomic E-state index is 0.519. The largest absolute Gasteiger partial charge is 0.399 e. The highest BCUT2D eigenvalue weighted by Crippen LogP contribution is 2.26. The highest BCUT2D eigenvalue weighted by molar-refractivity contribution is 6.36. The van der Waals surface area contributed by atoms with E-state index in [9.17, 15) is 0 Å². The number of hydrogen-bond acceptors (Lipinski definition) is 2. The Kier molecular flexibility index (Phi) is 3.09. The van der Waals surface area contributed by atoms with E-state index < -0.39 is 0 Å². The molecule has 19 heavy (non-hydrogen) atoms. The lowest BCUT2D eigenvalue weighted by Crippen LogP contribution is -2.03. The van der Waals surface area contributed by atoms with Gasteiger partial charge in [-0.1, -0.05) is 29.3 Å². The van der Waals surface area contributed by atoms with E-state index in [1.165, 1.54) is 0 Å². The number of rotatable bonds is 2. The van der Waals surface area contributed by atoms with E-state index in [-0.39, 0.29) is 0 Å². The van der Waals surface area contributed by atoms with E-state index in [4.69, 9.17) is 28.9 Å². The van der Waals surface area contributed by atoms with Crippen LogP contribution in [0.15, 0.2) is 42.6 Å². The Morgan fingerprint density at radius 1 is 1.11 bits per heavy atom. The van der Waals surface area contributed by atoms with Crippen LogP contribution >= 0.6 is 23.2 Å². The summed E-state index contributed by atoms with van der Waals surface area (Å²) >= 11 is 12.4. The maximum Gasteiger partial charge on any atom is 0.0706 e. The first-order valence-corrected chi connectivity index (χ1v) is 6.54.